The topological polar surface area (TPSA) is 157 Å². The van der Waals surface area contributed by atoms with Crippen LogP contribution in [0.25, 0.3) is 0 Å². The Morgan fingerprint density at radius 3 is 2.41 bits per heavy atom. The van der Waals surface area contributed by atoms with Crippen molar-refractivity contribution in [1.29, 1.82) is 0 Å². The van der Waals surface area contributed by atoms with E-state index in [1.165, 1.54) is 19.2 Å². The van der Waals surface area contributed by atoms with Gasteiger partial charge in [-0.05, 0) is 49.2 Å². The molecule has 0 saturated carbocycles. The van der Waals surface area contributed by atoms with E-state index in [1.807, 2.05) is 4.90 Å². The predicted octanol–water partition coefficient (Wildman–Crippen LogP) is 1.56. The smallest absolute Gasteiger partial charge is 0.280 e. The molecule has 2 aromatic rings. The average molecular weight is 508 g/mol. The minimum Gasteiger partial charge on any atom is -0.496 e. The van der Waals surface area contributed by atoms with Crippen molar-refractivity contribution in [3.8, 4) is 5.75 Å². The number of piperidine rings is 1. The van der Waals surface area contributed by atoms with Crippen LogP contribution < -0.4 is 26.4 Å². The highest BCUT2D eigenvalue weighted by Gasteiger charge is 2.26. The molecule has 1 saturated heterocycles. The van der Waals surface area contributed by atoms with Crippen LogP contribution in [0.2, 0.25) is 5.02 Å². The summed E-state index contributed by atoms with van der Waals surface area (Å²) in [5, 5.41) is 3.47. The van der Waals surface area contributed by atoms with Crippen LogP contribution in [0, 0.1) is 0 Å². The molecular weight excluding hydrogens is 482 g/mol. The highest BCUT2D eigenvalue weighted by molar-refractivity contribution is 7.90. The Morgan fingerprint density at radius 2 is 1.82 bits per heavy atom. The van der Waals surface area contributed by atoms with Crippen LogP contribution in [0.4, 0.5) is 5.69 Å². The molecular formula is C22H26ClN5O5S. The van der Waals surface area contributed by atoms with Crippen LogP contribution in [0.15, 0.2) is 46.3 Å². The number of hydrogen-bond donors (Lipinski definition) is 3. The third-order valence-electron chi connectivity index (χ3n) is 5.42. The second-order valence-electron chi connectivity index (χ2n) is 7.88. The fourth-order valence-electron chi connectivity index (χ4n) is 3.77. The predicted molar refractivity (Wildman–Crippen MR) is 130 cm³/mol. The van der Waals surface area contributed by atoms with E-state index in [1.54, 1.807) is 24.3 Å². The molecule has 10 nitrogen and oxygen atoms in total. The molecule has 2 aromatic carbocycles. The second kappa shape index (κ2) is 10.3. The van der Waals surface area contributed by atoms with E-state index in [0.717, 1.165) is 6.26 Å². The quantitative estimate of drug-likeness (QED) is 0.392. The Hall–Kier alpha value is -3.31. The molecule has 1 aliphatic heterocycles. The number of benzene rings is 2. The van der Waals surface area contributed by atoms with E-state index < -0.39 is 21.7 Å². The first kappa shape index (κ1) is 25.3. The fraction of sp³-hybridized carbons (Fsp3) is 0.318. The number of methoxy groups -OCH3 is 1. The molecule has 34 heavy (non-hydrogen) atoms. The SMILES string of the molecule is COc1cc(Cl)ccc1C(=O)NC1CCN(c2ccc(C(=O)N=C(N)N)cc2S(C)(=O)=O)CC1. The van der Waals surface area contributed by atoms with Crippen LogP contribution in [-0.4, -0.2) is 58.7 Å². The summed E-state index contributed by atoms with van der Waals surface area (Å²) >= 11 is 5.96. The summed E-state index contributed by atoms with van der Waals surface area (Å²) in [6, 6.07) is 9.04. The molecule has 182 valence electrons. The minimum absolute atomic E-state index is 0.0116. The molecule has 0 atom stereocenters. The van der Waals surface area contributed by atoms with E-state index in [-0.39, 0.29) is 22.4 Å². The number of carbonyl (C=O) groups excluding carboxylic acids is 2. The lowest BCUT2D eigenvalue weighted by Crippen LogP contribution is -2.45. The van der Waals surface area contributed by atoms with Gasteiger partial charge in [-0.25, -0.2) is 8.42 Å². The van der Waals surface area contributed by atoms with Crippen molar-refractivity contribution in [2.45, 2.75) is 23.8 Å². The molecule has 12 heteroatoms. The molecule has 5 N–H and O–H groups in total. The van der Waals surface area contributed by atoms with E-state index in [2.05, 4.69) is 10.3 Å². The number of sulfone groups is 1. The van der Waals surface area contributed by atoms with Crippen molar-refractivity contribution >= 4 is 44.9 Å². The van der Waals surface area contributed by atoms with Gasteiger partial charge < -0.3 is 26.4 Å². The molecule has 1 fully saturated rings. The standard InChI is InChI=1S/C22H26ClN5O5S/c1-33-18-12-14(23)4-5-16(18)21(30)26-15-7-9-28(10-8-15)17-6-3-13(20(29)27-22(24)25)11-19(17)34(2,31)32/h3-6,11-12,15H,7-10H2,1-2H3,(H,26,30)(H4,24,25,27,29). The van der Waals surface area contributed by atoms with Crippen LogP contribution >= 0.6 is 11.6 Å². The van der Waals surface area contributed by atoms with Gasteiger partial charge in [0.05, 0.1) is 23.3 Å². The number of ether oxygens (including phenoxy) is 1. The van der Waals surface area contributed by atoms with Gasteiger partial charge in [0.1, 0.15) is 5.75 Å². The number of nitrogens with two attached hydrogens (primary N) is 2. The molecule has 2 amide bonds. The fourth-order valence-corrected chi connectivity index (χ4v) is 4.85. The van der Waals surface area contributed by atoms with Crippen LogP contribution in [0.3, 0.4) is 0 Å². The van der Waals surface area contributed by atoms with Gasteiger partial charge in [0.25, 0.3) is 11.8 Å². The Kier molecular flexibility index (Phi) is 7.68. The first-order chi connectivity index (χ1) is 16.0. The van der Waals surface area contributed by atoms with E-state index in [4.69, 9.17) is 27.8 Å². The van der Waals surface area contributed by atoms with Crippen LogP contribution in [0.5, 0.6) is 5.75 Å². The van der Waals surface area contributed by atoms with Gasteiger partial charge in [0.2, 0.25) is 0 Å². The van der Waals surface area contributed by atoms with Gasteiger partial charge in [-0.15, -0.1) is 0 Å². The summed E-state index contributed by atoms with van der Waals surface area (Å²) < 4.78 is 30.1. The van der Waals surface area contributed by atoms with Gasteiger partial charge in [-0.2, -0.15) is 4.99 Å². The number of amides is 2. The number of nitrogens with one attached hydrogen (secondary N) is 1. The van der Waals surface area contributed by atoms with E-state index in [0.29, 0.717) is 48.0 Å². The summed E-state index contributed by atoms with van der Waals surface area (Å²) in [5.41, 5.74) is 11.4. The molecule has 1 heterocycles. The normalized spacial score (nSPS) is 14.4. The third-order valence-corrected chi connectivity index (χ3v) is 6.78. The number of carbonyl (C=O) groups is 2. The highest BCUT2D eigenvalue weighted by Crippen LogP contribution is 2.30. The van der Waals surface area contributed by atoms with Crippen LogP contribution in [-0.2, 0) is 9.84 Å². The lowest BCUT2D eigenvalue weighted by Gasteiger charge is -2.35. The summed E-state index contributed by atoms with van der Waals surface area (Å²) in [7, 11) is -2.18. The monoisotopic (exact) mass is 507 g/mol. The third kappa shape index (κ3) is 5.97. The maximum absolute atomic E-state index is 12.7. The molecule has 3 rings (SSSR count). The van der Waals surface area contributed by atoms with Gasteiger partial charge in [-0.1, -0.05) is 11.6 Å². The Labute approximate surface area is 202 Å². The Morgan fingerprint density at radius 1 is 1.15 bits per heavy atom. The second-order valence-corrected chi connectivity index (χ2v) is 10.3. The molecule has 0 aromatic heterocycles. The Balaban J connectivity index is 1.74. The minimum atomic E-state index is -3.65. The van der Waals surface area contributed by atoms with Gasteiger partial charge >= 0.3 is 0 Å². The lowest BCUT2D eigenvalue weighted by molar-refractivity contribution is 0.0927. The van der Waals surface area contributed by atoms with Crippen molar-refractivity contribution in [1.82, 2.24) is 5.32 Å². The number of anilines is 1. The van der Waals surface area contributed by atoms with Crippen molar-refractivity contribution in [2.24, 2.45) is 16.5 Å². The first-order valence-corrected chi connectivity index (χ1v) is 12.6. The number of aliphatic imine (C=N–C) groups is 1. The van der Waals surface area contributed by atoms with Crippen molar-refractivity contribution < 1.29 is 22.7 Å². The zero-order valence-electron chi connectivity index (χ0n) is 18.7. The Bertz CT molecular complexity index is 1240. The summed E-state index contributed by atoms with van der Waals surface area (Å²) in [4.78, 5) is 30.3. The number of hydrogen-bond acceptors (Lipinski definition) is 6. The van der Waals surface area contributed by atoms with Gasteiger partial charge in [0, 0.05) is 36.0 Å². The molecule has 0 radical (unpaired) electrons. The zero-order chi connectivity index (χ0) is 25.0. The van der Waals surface area contributed by atoms with E-state index >= 15 is 0 Å². The maximum atomic E-state index is 12.7. The van der Waals surface area contributed by atoms with Gasteiger partial charge in [-0.3, -0.25) is 9.59 Å². The summed E-state index contributed by atoms with van der Waals surface area (Å²) in [6.45, 7) is 1.01. The largest absolute Gasteiger partial charge is 0.496 e. The molecule has 0 aliphatic carbocycles. The molecule has 0 bridgehead atoms. The van der Waals surface area contributed by atoms with E-state index in [9.17, 15) is 18.0 Å². The van der Waals surface area contributed by atoms with Crippen molar-refractivity contribution in [2.75, 3.05) is 31.4 Å². The van der Waals surface area contributed by atoms with Crippen molar-refractivity contribution in [3.63, 3.8) is 0 Å². The summed E-state index contributed by atoms with van der Waals surface area (Å²) in [6.07, 6.45) is 2.27. The number of rotatable bonds is 6. The molecule has 0 spiro atoms. The van der Waals surface area contributed by atoms with Gasteiger partial charge in [0.15, 0.2) is 15.8 Å². The number of halogens is 1. The molecule has 1 aliphatic rings. The zero-order valence-corrected chi connectivity index (χ0v) is 20.3. The average Bonchev–Trinajstić information content (AvgIpc) is 2.78. The van der Waals surface area contributed by atoms with Crippen LogP contribution in [0.1, 0.15) is 33.6 Å². The van der Waals surface area contributed by atoms with Crippen molar-refractivity contribution in [3.05, 3.63) is 52.5 Å². The number of guanidine groups is 1. The highest BCUT2D eigenvalue weighted by atomic mass is 35.5. The molecule has 0 unspecified atom stereocenters. The number of nitrogens with zero attached hydrogens (tertiary/aromatic N) is 2. The maximum Gasteiger partial charge on any atom is 0.280 e. The lowest BCUT2D eigenvalue weighted by atomic mass is 10.0. The summed E-state index contributed by atoms with van der Waals surface area (Å²) in [5.74, 6) is -1.02. The first-order valence-electron chi connectivity index (χ1n) is 10.4.